The lowest BCUT2D eigenvalue weighted by Gasteiger charge is -2.06. The van der Waals surface area contributed by atoms with Crippen molar-refractivity contribution in [1.29, 1.82) is 0 Å². The Labute approximate surface area is 109 Å². The molecule has 0 aliphatic rings. The topological polar surface area (TPSA) is 21.3 Å². The first-order valence-electron chi connectivity index (χ1n) is 6.42. The van der Waals surface area contributed by atoms with Gasteiger partial charge in [0.05, 0.1) is 6.61 Å². The maximum atomic E-state index is 5.79. The number of ether oxygens (including phenoxy) is 1. The molecule has 2 nitrogen and oxygen atoms in total. The third-order valence-electron chi connectivity index (χ3n) is 2.51. The molecule has 1 aromatic rings. The Bertz CT molecular complexity index is 287. The van der Waals surface area contributed by atoms with Gasteiger partial charge in [-0.3, -0.25) is 0 Å². The number of unbranched alkanes of at least 4 members (excludes halogenated alkanes) is 2. The standard InChI is InChI=1S/C14H22ClNO/c1-2-10-16-11-4-3-5-12-17-14-8-6-13(15)7-9-14/h6-9,16H,2-5,10-12H2,1H3. The van der Waals surface area contributed by atoms with Crippen LogP contribution in [-0.2, 0) is 0 Å². The fraction of sp³-hybridized carbons (Fsp3) is 0.571. The van der Waals surface area contributed by atoms with Crippen molar-refractivity contribution in [2.45, 2.75) is 32.6 Å². The number of rotatable bonds is 9. The maximum Gasteiger partial charge on any atom is 0.119 e. The van der Waals surface area contributed by atoms with Crippen LogP contribution in [-0.4, -0.2) is 19.7 Å². The van der Waals surface area contributed by atoms with Gasteiger partial charge in [0.15, 0.2) is 0 Å². The Morgan fingerprint density at radius 1 is 1.06 bits per heavy atom. The Morgan fingerprint density at radius 3 is 2.53 bits per heavy atom. The molecule has 0 saturated carbocycles. The summed E-state index contributed by atoms with van der Waals surface area (Å²) in [6, 6.07) is 7.52. The summed E-state index contributed by atoms with van der Waals surface area (Å²) >= 11 is 5.79. The van der Waals surface area contributed by atoms with Crippen LogP contribution in [0.5, 0.6) is 5.75 Å². The highest BCUT2D eigenvalue weighted by Crippen LogP contribution is 2.15. The quantitative estimate of drug-likeness (QED) is 0.676. The molecule has 1 aromatic carbocycles. The van der Waals surface area contributed by atoms with Crippen LogP contribution in [0.4, 0.5) is 0 Å². The highest BCUT2D eigenvalue weighted by Gasteiger charge is 1.94. The molecule has 0 spiro atoms. The molecular weight excluding hydrogens is 234 g/mol. The largest absolute Gasteiger partial charge is 0.494 e. The molecule has 0 heterocycles. The third-order valence-corrected chi connectivity index (χ3v) is 2.76. The SMILES string of the molecule is CCCNCCCCCOc1ccc(Cl)cc1. The van der Waals surface area contributed by atoms with Crippen LogP contribution in [0.2, 0.25) is 5.02 Å². The minimum atomic E-state index is 0.749. The van der Waals surface area contributed by atoms with E-state index in [9.17, 15) is 0 Å². The normalized spacial score (nSPS) is 10.5. The number of hydrogen-bond donors (Lipinski definition) is 1. The molecule has 0 aliphatic heterocycles. The van der Waals surface area contributed by atoms with E-state index in [4.69, 9.17) is 16.3 Å². The van der Waals surface area contributed by atoms with E-state index >= 15 is 0 Å². The van der Waals surface area contributed by atoms with E-state index in [1.54, 1.807) is 0 Å². The van der Waals surface area contributed by atoms with Crippen LogP contribution >= 0.6 is 11.6 Å². The molecular formula is C14H22ClNO. The van der Waals surface area contributed by atoms with Crippen molar-refractivity contribution < 1.29 is 4.74 Å². The van der Waals surface area contributed by atoms with Crippen LogP contribution < -0.4 is 10.1 Å². The second-order valence-electron chi connectivity index (χ2n) is 4.11. The molecule has 0 bridgehead atoms. The first-order chi connectivity index (χ1) is 8.33. The Balaban J connectivity index is 1.95. The second-order valence-corrected chi connectivity index (χ2v) is 4.55. The molecule has 0 aliphatic carbocycles. The van der Waals surface area contributed by atoms with Crippen molar-refractivity contribution in [2.24, 2.45) is 0 Å². The van der Waals surface area contributed by atoms with Crippen LogP contribution in [0.25, 0.3) is 0 Å². The average molecular weight is 256 g/mol. The van der Waals surface area contributed by atoms with Crippen LogP contribution in [0, 0.1) is 0 Å². The van der Waals surface area contributed by atoms with E-state index in [1.807, 2.05) is 24.3 Å². The fourth-order valence-corrected chi connectivity index (χ4v) is 1.68. The summed E-state index contributed by atoms with van der Waals surface area (Å²) in [6.45, 7) is 5.22. The van der Waals surface area contributed by atoms with E-state index in [0.29, 0.717) is 0 Å². The minimum Gasteiger partial charge on any atom is -0.494 e. The summed E-state index contributed by atoms with van der Waals surface area (Å²) < 4.78 is 5.61. The second kappa shape index (κ2) is 9.32. The minimum absolute atomic E-state index is 0.749. The van der Waals surface area contributed by atoms with Gasteiger partial charge in [-0.1, -0.05) is 18.5 Å². The monoisotopic (exact) mass is 255 g/mol. The van der Waals surface area contributed by atoms with Crippen molar-refractivity contribution in [1.82, 2.24) is 5.32 Å². The zero-order chi connectivity index (χ0) is 12.3. The van der Waals surface area contributed by atoms with E-state index in [0.717, 1.165) is 36.9 Å². The van der Waals surface area contributed by atoms with Gasteiger partial charge in [-0.05, 0) is 63.0 Å². The van der Waals surface area contributed by atoms with Crippen LogP contribution in [0.1, 0.15) is 32.6 Å². The summed E-state index contributed by atoms with van der Waals surface area (Å²) in [5.74, 6) is 0.901. The van der Waals surface area contributed by atoms with Crippen molar-refractivity contribution in [3.63, 3.8) is 0 Å². The summed E-state index contributed by atoms with van der Waals surface area (Å²) in [6.07, 6.45) is 4.75. The van der Waals surface area contributed by atoms with Crippen molar-refractivity contribution in [3.8, 4) is 5.75 Å². The maximum absolute atomic E-state index is 5.79. The fourth-order valence-electron chi connectivity index (χ4n) is 1.55. The molecule has 0 atom stereocenters. The summed E-state index contributed by atoms with van der Waals surface area (Å²) in [7, 11) is 0. The van der Waals surface area contributed by atoms with E-state index in [2.05, 4.69) is 12.2 Å². The predicted molar refractivity (Wildman–Crippen MR) is 74.0 cm³/mol. The third kappa shape index (κ3) is 7.24. The van der Waals surface area contributed by atoms with E-state index in [1.165, 1.54) is 19.3 Å². The molecule has 3 heteroatoms. The lowest BCUT2D eigenvalue weighted by molar-refractivity contribution is 0.305. The van der Waals surface area contributed by atoms with Crippen LogP contribution in [0.15, 0.2) is 24.3 Å². The molecule has 0 unspecified atom stereocenters. The van der Waals surface area contributed by atoms with Gasteiger partial charge in [-0.15, -0.1) is 0 Å². The molecule has 0 aromatic heterocycles. The van der Waals surface area contributed by atoms with Gasteiger partial charge in [0.25, 0.3) is 0 Å². The highest BCUT2D eigenvalue weighted by atomic mass is 35.5. The van der Waals surface area contributed by atoms with Gasteiger partial charge in [0.1, 0.15) is 5.75 Å². The van der Waals surface area contributed by atoms with Gasteiger partial charge in [0, 0.05) is 5.02 Å². The number of hydrogen-bond acceptors (Lipinski definition) is 2. The van der Waals surface area contributed by atoms with Crippen molar-refractivity contribution in [3.05, 3.63) is 29.3 Å². The zero-order valence-electron chi connectivity index (χ0n) is 10.5. The van der Waals surface area contributed by atoms with Gasteiger partial charge in [-0.2, -0.15) is 0 Å². The Morgan fingerprint density at radius 2 is 1.82 bits per heavy atom. The molecule has 1 N–H and O–H groups in total. The molecule has 0 saturated heterocycles. The number of halogens is 1. The Hall–Kier alpha value is -0.730. The average Bonchev–Trinajstić information content (AvgIpc) is 2.35. The first-order valence-corrected chi connectivity index (χ1v) is 6.80. The molecule has 17 heavy (non-hydrogen) atoms. The van der Waals surface area contributed by atoms with Gasteiger partial charge < -0.3 is 10.1 Å². The lowest BCUT2D eigenvalue weighted by atomic mass is 10.2. The Kier molecular flexibility index (Phi) is 7.85. The summed E-state index contributed by atoms with van der Waals surface area (Å²) in [5.41, 5.74) is 0. The van der Waals surface area contributed by atoms with Crippen molar-refractivity contribution in [2.75, 3.05) is 19.7 Å². The molecule has 96 valence electrons. The molecule has 0 fully saturated rings. The van der Waals surface area contributed by atoms with Gasteiger partial charge in [-0.25, -0.2) is 0 Å². The number of nitrogens with one attached hydrogen (secondary N) is 1. The van der Waals surface area contributed by atoms with E-state index in [-0.39, 0.29) is 0 Å². The van der Waals surface area contributed by atoms with Crippen molar-refractivity contribution >= 4 is 11.6 Å². The smallest absolute Gasteiger partial charge is 0.119 e. The first kappa shape index (κ1) is 14.3. The van der Waals surface area contributed by atoms with E-state index < -0.39 is 0 Å². The van der Waals surface area contributed by atoms with Gasteiger partial charge >= 0.3 is 0 Å². The van der Waals surface area contributed by atoms with Gasteiger partial charge in [0.2, 0.25) is 0 Å². The molecule has 1 rings (SSSR count). The zero-order valence-corrected chi connectivity index (χ0v) is 11.3. The lowest BCUT2D eigenvalue weighted by Crippen LogP contribution is -2.15. The predicted octanol–water partition coefficient (Wildman–Crippen LogP) is 3.89. The number of benzene rings is 1. The van der Waals surface area contributed by atoms with Crippen LogP contribution in [0.3, 0.4) is 0 Å². The summed E-state index contributed by atoms with van der Waals surface area (Å²) in [5, 5.41) is 4.14. The summed E-state index contributed by atoms with van der Waals surface area (Å²) in [4.78, 5) is 0. The highest BCUT2D eigenvalue weighted by molar-refractivity contribution is 6.30. The molecule has 0 amide bonds. The molecule has 0 radical (unpaired) electrons.